The van der Waals surface area contributed by atoms with Crippen LogP contribution in [0.1, 0.15) is 53.5 Å². The Morgan fingerprint density at radius 2 is 2.00 bits per heavy atom. The molecule has 1 aromatic carbocycles. The molecule has 0 saturated carbocycles. The first-order chi connectivity index (χ1) is 12.3. The van der Waals surface area contributed by atoms with Crippen LogP contribution in [-0.4, -0.2) is 20.1 Å². The molecular formula is C19H22N4OS. The maximum absolute atomic E-state index is 5.90. The highest BCUT2D eigenvalue weighted by atomic mass is 32.1. The molecule has 3 heterocycles. The van der Waals surface area contributed by atoms with Crippen molar-refractivity contribution in [1.82, 2.24) is 20.1 Å². The van der Waals surface area contributed by atoms with Crippen molar-refractivity contribution in [2.24, 2.45) is 0 Å². The number of hydrogen-bond acceptors (Lipinski definition) is 6. The smallest absolute Gasteiger partial charge is 0.233 e. The van der Waals surface area contributed by atoms with Gasteiger partial charge in [-0.25, -0.2) is 4.98 Å². The average molecular weight is 354 g/mol. The largest absolute Gasteiger partial charge is 0.424 e. The summed E-state index contributed by atoms with van der Waals surface area (Å²) in [5, 5.41) is 11.8. The molecule has 6 heteroatoms. The molecule has 1 aliphatic heterocycles. The lowest BCUT2D eigenvalue weighted by atomic mass is 9.94. The Morgan fingerprint density at radius 1 is 1.16 bits per heavy atom. The monoisotopic (exact) mass is 354 g/mol. The second-order valence-corrected chi connectivity index (χ2v) is 7.31. The van der Waals surface area contributed by atoms with Crippen molar-refractivity contribution in [3.8, 4) is 0 Å². The van der Waals surface area contributed by atoms with Crippen LogP contribution in [0.15, 0.2) is 34.1 Å². The number of rotatable bonds is 5. The van der Waals surface area contributed by atoms with E-state index in [9.17, 15) is 0 Å². The molecule has 130 valence electrons. The Labute approximate surface area is 151 Å². The molecule has 0 radical (unpaired) electrons. The molecule has 0 aliphatic carbocycles. The highest BCUT2D eigenvalue weighted by Crippen LogP contribution is 2.34. The molecule has 0 bridgehead atoms. The third kappa shape index (κ3) is 3.37. The Morgan fingerprint density at radius 3 is 2.72 bits per heavy atom. The van der Waals surface area contributed by atoms with Gasteiger partial charge in [0.05, 0.1) is 16.7 Å². The second-order valence-electron chi connectivity index (χ2n) is 6.37. The van der Waals surface area contributed by atoms with Gasteiger partial charge < -0.3 is 4.42 Å². The Kier molecular flexibility index (Phi) is 4.63. The number of nitrogens with zero attached hydrogens (tertiary/aromatic N) is 4. The van der Waals surface area contributed by atoms with Crippen LogP contribution < -0.4 is 0 Å². The molecule has 1 atom stereocenters. The zero-order valence-electron chi connectivity index (χ0n) is 14.6. The van der Waals surface area contributed by atoms with Crippen LogP contribution in [0.25, 0.3) is 0 Å². The summed E-state index contributed by atoms with van der Waals surface area (Å²) in [4.78, 5) is 7.15. The van der Waals surface area contributed by atoms with Gasteiger partial charge in [-0.3, -0.25) is 4.90 Å². The zero-order valence-corrected chi connectivity index (χ0v) is 15.4. The molecule has 3 aromatic rings. The van der Waals surface area contributed by atoms with E-state index in [0.717, 1.165) is 43.9 Å². The van der Waals surface area contributed by atoms with Crippen LogP contribution in [0.3, 0.4) is 0 Å². The van der Waals surface area contributed by atoms with E-state index < -0.39 is 0 Å². The van der Waals surface area contributed by atoms with Gasteiger partial charge in [-0.05, 0) is 24.0 Å². The van der Waals surface area contributed by atoms with E-state index in [1.165, 1.54) is 16.1 Å². The van der Waals surface area contributed by atoms with Gasteiger partial charge in [0.1, 0.15) is 0 Å². The maximum atomic E-state index is 5.90. The summed E-state index contributed by atoms with van der Waals surface area (Å²) in [6.45, 7) is 5.86. The molecule has 0 amide bonds. The predicted molar refractivity (Wildman–Crippen MR) is 97.3 cm³/mol. The van der Waals surface area contributed by atoms with Crippen LogP contribution in [-0.2, 0) is 32.4 Å². The number of thiazole rings is 1. The van der Waals surface area contributed by atoms with Crippen molar-refractivity contribution >= 4 is 11.3 Å². The van der Waals surface area contributed by atoms with E-state index in [0.29, 0.717) is 5.89 Å². The summed E-state index contributed by atoms with van der Waals surface area (Å²) >= 11 is 1.74. The molecule has 4 rings (SSSR count). The van der Waals surface area contributed by atoms with Crippen LogP contribution in [0.2, 0.25) is 0 Å². The zero-order chi connectivity index (χ0) is 17.2. The molecule has 0 saturated heterocycles. The summed E-state index contributed by atoms with van der Waals surface area (Å²) in [6.07, 6.45) is 2.65. The van der Waals surface area contributed by atoms with Gasteiger partial charge in [0, 0.05) is 24.9 Å². The van der Waals surface area contributed by atoms with Crippen molar-refractivity contribution in [3.05, 3.63) is 63.3 Å². The normalized spacial score (nSPS) is 17.6. The molecule has 1 aliphatic rings. The lowest BCUT2D eigenvalue weighted by Gasteiger charge is -2.34. The van der Waals surface area contributed by atoms with Crippen LogP contribution in [0.5, 0.6) is 0 Å². The SMILES string of the molecule is CCc1nnc([C@@H]2Cc3ccccc3CN2Cc2csc(CC)n2)o1. The number of aryl methyl sites for hydroxylation is 2. The van der Waals surface area contributed by atoms with Crippen molar-refractivity contribution < 1.29 is 4.42 Å². The van der Waals surface area contributed by atoms with E-state index >= 15 is 0 Å². The van der Waals surface area contributed by atoms with E-state index in [1.54, 1.807) is 11.3 Å². The minimum absolute atomic E-state index is 0.106. The average Bonchev–Trinajstić information content (AvgIpc) is 3.30. The Bertz CT molecular complexity index is 856. The fourth-order valence-corrected chi connectivity index (χ4v) is 4.06. The second kappa shape index (κ2) is 7.06. The Balaban J connectivity index is 1.64. The van der Waals surface area contributed by atoms with E-state index in [4.69, 9.17) is 9.40 Å². The molecule has 25 heavy (non-hydrogen) atoms. The van der Waals surface area contributed by atoms with E-state index in [1.807, 2.05) is 6.92 Å². The quantitative estimate of drug-likeness (QED) is 0.694. The first-order valence-corrected chi connectivity index (χ1v) is 9.71. The van der Waals surface area contributed by atoms with Gasteiger partial charge in [-0.15, -0.1) is 21.5 Å². The van der Waals surface area contributed by atoms with Gasteiger partial charge in [0.2, 0.25) is 11.8 Å². The molecule has 0 unspecified atom stereocenters. The summed E-state index contributed by atoms with van der Waals surface area (Å²) in [6, 6.07) is 8.73. The summed E-state index contributed by atoms with van der Waals surface area (Å²) in [5.74, 6) is 1.42. The number of benzene rings is 1. The first kappa shape index (κ1) is 16.4. The predicted octanol–water partition coefficient (Wildman–Crippen LogP) is 3.95. The van der Waals surface area contributed by atoms with E-state index in [2.05, 4.69) is 51.7 Å². The number of fused-ring (bicyclic) bond motifs is 1. The van der Waals surface area contributed by atoms with Gasteiger partial charge in [0.25, 0.3) is 0 Å². The number of aromatic nitrogens is 3. The van der Waals surface area contributed by atoms with Crippen molar-refractivity contribution in [2.75, 3.05) is 0 Å². The molecular weight excluding hydrogens is 332 g/mol. The van der Waals surface area contributed by atoms with Gasteiger partial charge >= 0.3 is 0 Å². The minimum atomic E-state index is 0.106. The topological polar surface area (TPSA) is 55.1 Å². The van der Waals surface area contributed by atoms with Crippen molar-refractivity contribution in [3.63, 3.8) is 0 Å². The summed E-state index contributed by atoms with van der Waals surface area (Å²) < 4.78 is 5.90. The molecule has 2 aromatic heterocycles. The summed E-state index contributed by atoms with van der Waals surface area (Å²) in [5.41, 5.74) is 3.87. The third-order valence-electron chi connectivity index (χ3n) is 4.68. The fourth-order valence-electron chi connectivity index (χ4n) is 3.32. The molecule has 5 nitrogen and oxygen atoms in total. The molecule has 0 spiro atoms. The van der Waals surface area contributed by atoms with Crippen LogP contribution >= 0.6 is 11.3 Å². The van der Waals surface area contributed by atoms with Crippen molar-refractivity contribution in [1.29, 1.82) is 0 Å². The lowest BCUT2D eigenvalue weighted by molar-refractivity contribution is 0.135. The fraction of sp³-hybridized carbons (Fsp3) is 0.421. The Hall–Kier alpha value is -2.05. The van der Waals surface area contributed by atoms with Gasteiger partial charge in [0.15, 0.2) is 0 Å². The third-order valence-corrected chi connectivity index (χ3v) is 5.72. The highest BCUT2D eigenvalue weighted by molar-refractivity contribution is 7.09. The first-order valence-electron chi connectivity index (χ1n) is 8.83. The van der Waals surface area contributed by atoms with Crippen molar-refractivity contribution in [2.45, 2.75) is 52.2 Å². The minimum Gasteiger partial charge on any atom is -0.424 e. The van der Waals surface area contributed by atoms with E-state index in [-0.39, 0.29) is 6.04 Å². The lowest BCUT2D eigenvalue weighted by Crippen LogP contribution is -2.34. The molecule has 0 N–H and O–H groups in total. The van der Waals surface area contributed by atoms with Gasteiger partial charge in [-0.2, -0.15) is 0 Å². The highest BCUT2D eigenvalue weighted by Gasteiger charge is 2.31. The number of hydrogen-bond donors (Lipinski definition) is 0. The molecule has 0 fully saturated rings. The van der Waals surface area contributed by atoms with Crippen LogP contribution in [0, 0.1) is 0 Å². The van der Waals surface area contributed by atoms with Gasteiger partial charge in [-0.1, -0.05) is 38.1 Å². The maximum Gasteiger partial charge on any atom is 0.233 e. The summed E-state index contributed by atoms with van der Waals surface area (Å²) in [7, 11) is 0. The van der Waals surface area contributed by atoms with Crippen LogP contribution in [0.4, 0.5) is 0 Å². The standard InChI is InChI=1S/C19H22N4OS/c1-3-17-21-22-19(24-17)16-9-13-7-5-6-8-14(13)10-23(16)11-15-12-25-18(4-2)20-15/h5-8,12,16H,3-4,9-11H2,1-2H3/t16-/m0/s1.